The van der Waals surface area contributed by atoms with Crippen LogP contribution in [0.25, 0.3) is 0 Å². The van der Waals surface area contributed by atoms with Crippen molar-refractivity contribution in [3.63, 3.8) is 0 Å². The molecule has 0 aliphatic heterocycles. The molecule has 2 saturated carbocycles. The van der Waals surface area contributed by atoms with Crippen LogP contribution in [-0.4, -0.2) is 17.0 Å². The van der Waals surface area contributed by atoms with Crippen molar-refractivity contribution in [3.05, 3.63) is 28.8 Å². The number of carboxylic acid groups (broad SMARTS) is 1. The van der Waals surface area contributed by atoms with E-state index in [0.29, 0.717) is 11.8 Å². The van der Waals surface area contributed by atoms with Gasteiger partial charge in [0.1, 0.15) is 0 Å². The van der Waals surface area contributed by atoms with Crippen molar-refractivity contribution in [1.29, 1.82) is 0 Å². The van der Waals surface area contributed by atoms with Gasteiger partial charge in [0.05, 0.1) is 16.3 Å². The minimum Gasteiger partial charge on any atom is -0.478 e. The Balaban J connectivity index is 1.80. The molecule has 2 N–H and O–H groups in total. The van der Waals surface area contributed by atoms with E-state index in [9.17, 15) is 9.59 Å². The van der Waals surface area contributed by atoms with E-state index < -0.39 is 5.97 Å². The van der Waals surface area contributed by atoms with E-state index in [1.165, 1.54) is 12.5 Å². The molecule has 2 aliphatic carbocycles. The first-order chi connectivity index (χ1) is 9.09. The molecule has 1 aromatic rings. The van der Waals surface area contributed by atoms with Gasteiger partial charge >= 0.3 is 5.97 Å². The quantitative estimate of drug-likeness (QED) is 0.894. The number of anilines is 1. The lowest BCUT2D eigenvalue weighted by molar-refractivity contribution is -0.118. The summed E-state index contributed by atoms with van der Waals surface area (Å²) in [6.07, 6.45) is 3.42. The van der Waals surface area contributed by atoms with Crippen LogP contribution < -0.4 is 5.32 Å². The summed E-state index contributed by atoms with van der Waals surface area (Å²) in [4.78, 5) is 23.3. The van der Waals surface area contributed by atoms with Crippen molar-refractivity contribution in [2.45, 2.75) is 19.3 Å². The summed E-state index contributed by atoms with van der Waals surface area (Å²) in [6, 6.07) is 4.59. The Morgan fingerprint density at radius 2 is 1.95 bits per heavy atom. The van der Waals surface area contributed by atoms with Gasteiger partial charge in [-0.3, -0.25) is 4.79 Å². The second-order valence-electron chi connectivity index (χ2n) is 5.24. The molecule has 0 bridgehead atoms. The highest BCUT2D eigenvalue weighted by atomic mass is 35.5. The number of para-hydroxylation sites is 1. The van der Waals surface area contributed by atoms with Gasteiger partial charge in [0.2, 0.25) is 5.91 Å². The van der Waals surface area contributed by atoms with Crippen LogP contribution in [0.2, 0.25) is 5.02 Å². The number of nitrogens with one attached hydrogen (secondary N) is 1. The van der Waals surface area contributed by atoms with Crippen LogP contribution in [0, 0.1) is 17.8 Å². The van der Waals surface area contributed by atoms with Gasteiger partial charge in [-0.15, -0.1) is 0 Å². The fourth-order valence-corrected chi connectivity index (χ4v) is 3.47. The van der Waals surface area contributed by atoms with E-state index in [2.05, 4.69) is 5.32 Å². The van der Waals surface area contributed by atoms with Crippen LogP contribution >= 0.6 is 11.6 Å². The SMILES string of the molecule is O=C(O)c1cccc(Cl)c1NC(=O)C1C2CCCC21. The molecule has 0 saturated heterocycles. The predicted octanol–water partition coefficient (Wildman–Crippen LogP) is 3.02. The van der Waals surface area contributed by atoms with Gasteiger partial charge in [-0.25, -0.2) is 4.79 Å². The summed E-state index contributed by atoms with van der Waals surface area (Å²) in [7, 11) is 0. The molecule has 5 heteroatoms. The van der Waals surface area contributed by atoms with Crippen LogP contribution in [-0.2, 0) is 4.79 Å². The number of carboxylic acids is 1. The summed E-state index contributed by atoms with van der Waals surface area (Å²) in [5, 5.41) is 12.1. The summed E-state index contributed by atoms with van der Waals surface area (Å²) >= 11 is 5.99. The monoisotopic (exact) mass is 279 g/mol. The van der Waals surface area contributed by atoms with Gasteiger partial charge in [0.15, 0.2) is 0 Å². The van der Waals surface area contributed by atoms with E-state index >= 15 is 0 Å². The molecule has 2 unspecified atom stereocenters. The number of amides is 1. The van der Waals surface area contributed by atoms with E-state index in [1.54, 1.807) is 12.1 Å². The molecule has 3 rings (SSSR count). The molecule has 1 amide bonds. The maximum Gasteiger partial charge on any atom is 0.337 e. The maximum absolute atomic E-state index is 12.2. The smallest absolute Gasteiger partial charge is 0.337 e. The first kappa shape index (κ1) is 12.5. The van der Waals surface area contributed by atoms with Gasteiger partial charge in [-0.05, 0) is 36.8 Å². The molecule has 0 aromatic heterocycles. The standard InChI is InChI=1S/C14H14ClNO3/c15-10-6-2-5-9(14(18)19)12(10)16-13(17)11-7-3-1-4-8(7)11/h2,5-8,11H,1,3-4H2,(H,16,17)(H,18,19). The van der Waals surface area contributed by atoms with Crippen molar-refractivity contribution >= 4 is 29.2 Å². The summed E-state index contributed by atoms with van der Waals surface area (Å²) in [6.45, 7) is 0. The third kappa shape index (κ3) is 2.10. The minimum absolute atomic E-state index is 0.0339. The fourth-order valence-electron chi connectivity index (χ4n) is 3.25. The Morgan fingerprint density at radius 1 is 1.26 bits per heavy atom. The molecule has 2 fully saturated rings. The van der Waals surface area contributed by atoms with Crippen molar-refractivity contribution in [1.82, 2.24) is 0 Å². The number of rotatable bonds is 3. The van der Waals surface area contributed by atoms with Crippen molar-refractivity contribution < 1.29 is 14.7 Å². The number of hydrogen-bond acceptors (Lipinski definition) is 2. The third-order valence-corrected chi connectivity index (χ3v) is 4.52. The van der Waals surface area contributed by atoms with E-state index in [1.807, 2.05) is 0 Å². The molecule has 0 heterocycles. The number of fused-ring (bicyclic) bond motifs is 1. The van der Waals surface area contributed by atoms with Crippen LogP contribution in [0.15, 0.2) is 18.2 Å². The van der Waals surface area contributed by atoms with Crippen LogP contribution in [0.1, 0.15) is 29.6 Å². The Bertz CT molecular complexity index is 548. The normalized spacial score (nSPS) is 27.7. The Hall–Kier alpha value is -1.55. The Morgan fingerprint density at radius 3 is 2.58 bits per heavy atom. The van der Waals surface area contributed by atoms with Gasteiger partial charge in [-0.1, -0.05) is 24.1 Å². The van der Waals surface area contributed by atoms with Gasteiger partial charge in [0, 0.05) is 5.92 Å². The summed E-state index contributed by atoms with van der Waals surface area (Å²) in [5.41, 5.74) is 0.248. The average Bonchev–Trinajstić information content (AvgIpc) is 2.85. The number of aromatic carboxylic acids is 1. The lowest BCUT2D eigenvalue weighted by Crippen LogP contribution is -2.19. The molecule has 1 aromatic carbocycles. The molecule has 4 nitrogen and oxygen atoms in total. The maximum atomic E-state index is 12.2. The van der Waals surface area contributed by atoms with Gasteiger partial charge < -0.3 is 10.4 Å². The summed E-state index contributed by atoms with van der Waals surface area (Å²) < 4.78 is 0. The first-order valence-corrected chi connectivity index (χ1v) is 6.80. The number of carbonyl (C=O) groups is 2. The number of benzene rings is 1. The van der Waals surface area contributed by atoms with E-state index in [-0.39, 0.29) is 28.1 Å². The van der Waals surface area contributed by atoms with Crippen molar-refractivity contribution in [2.75, 3.05) is 5.32 Å². The number of halogens is 1. The molecule has 100 valence electrons. The third-order valence-electron chi connectivity index (χ3n) is 4.20. The topological polar surface area (TPSA) is 66.4 Å². The van der Waals surface area contributed by atoms with Crippen LogP contribution in [0.4, 0.5) is 5.69 Å². The first-order valence-electron chi connectivity index (χ1n) is 6.42. The lowest BCUT2D eigenvalue weighted by Gasteiger charge is -2.11. The average molecular weight is 280 g/mol. The molecular formula is C14H14ClNO3. The van der Waals surface area contributed by atoms with Crippen molar-refractivity contribution in [2.24, 2.45) is 17.8 Å². The van der Waals surface area contributed by atoms with Crippen LogP contribution in [0.5, 0.6) is 0 Å². The van der Waals surface area contributed by atoms with Crippen LogP contribution in [0.3, 0.4) is 0 Å². The molecular weight excluding hydrogens is 266 g/mol. The second-order valence-corrected chi connectivity index (χ2v) is 5.65. The molecule has 0 radical (unpaired) electrons. The Kier molecular flexibility index (Phi) is 2.97. The summed E-state index contributed by atoms with van der Waals surface area (Å²) in [5.74, 6) is -0.141. The largest absolute Gasteiger partial charge is 0.478 e. The highest BCUT2D eigenvalue weighted by Crippen LogP contribution is 2.57. The second kappa shape index (κ2) is 4.53. The zero-order valence-corrected chi connectivity index (χ0v) is 11.0. The molecule has 0 spiro atoms. The zero-order valence-electron chi connectivity index (χ0n) is 10.2. The lowest BCUT2D eigenvalue weighted by atomic mass is 10.1. The number of hydrogen-bond donors (Lipinski definition) is 2. The van der Waals surface area contributed by atoms with Crippen molar-refractivity contribution in [3.8, 4) is 0 Å². The molecule has 2 aliphatic rings. The van der Waals surface area contributed by atoms with E-state index in [0.717, 1.165) is 12.8 Å². The van der Waals surface area contributed by atoms with Gasteiger partial charge in [0.25, 0.3) is 0 Å². The zero-order chi connectivity index (χ0) is 13.6. The fraction of sp³-hybridized carbons (Fsp3) is 0.429. The molecule has 19 heavy (non-hydrogen) atoms. The minimum atomic E-state index is -1.09. The highest BCUT2D eigenvalue weighted by Gasteiger charge is 2.56. The predicted molar refractivity (Wildman–Crippen MR) is 71.4 cm³/mol. The molecule has 2 atom stereocenters. The van der Waals surface area contributed by atoms with E-state index in [4.69, 9.17) is 16.7 Å². The van der Waals surface area contributed by atoms with Gasteiger partial charge in [-0.2, -0.15) is 0 Å². The highest BCUT2D eigenvalue weighted by molar-refractivity contribution is 6.34. The number of carbonyl (C=O) groups excluding carboxylic acids is 1. The Labute approximate surface area is 115 Å².